The third-order valence-electron chi connectivity index (χ3n) is 6.64. The maximum atomic E-state index is 13.2. The van der Waals surface area contributed by atoms with E-state index in [4.69, 9.17) is 22.2 Å². The molecule has 234 valence electrons. The fourth-order valence-corrected chi connectivity index (χ4v) is 6.39. The van der Waals surface area contributed by atoms with Crippen LogP contribution in [0.4, 0.5) is 5.13 Å². The molecule has 2 aliphatic rings. The highest BCUT2D eigenvalue weighted by atomic mass is 35.5. The third kappa shape index (κ3) is 6.58. The number of rotatable bonds is 12. The number of β-lactam (4-membered cyclic amide) rings is 1. The zero-order valence-corrected chi connectivity index (χ0v) is 25.5. The first-order valence-corrected chi connectivity index (χ1v) is 15.1. The largest absolute Gasteiger partial charge is 0.504 e. The van der Waals surface area contributed by atoms with Crippen molar-refractivity contribution in [3.8, 4) is 11.5 Å². The highest BCUT2D eigenvalue weighted by molar-refractivity contribution is 8.00. The maximum Gasteiger partial charge on any atom is 0.352 e. The Morgan fingerprint density at radius 1 is 1.25 bits per heavy atom. The number of phenols is 2. The lowest BCUT2D eigenvalue weighted by molar-refractivity contribution is -0.161. The topological polar surface area (TPSA) is 242 Å². The number of aliphatic carboxylic acids is 2. The molecule has 1 saturated heterocycles. The number of carbonyl (C=O) groups excluding carboxylic acids is 3. The highest BCUT2D eigenvalue weighted by Crippen LogP contribution is 2.42. The molecule has 2 amide bonds. The molecule has 3 heterocycles. The number of fused-ring (bicyclic) bond motifs is 1. The van der Waals surface area contributed by atoms with Crippen molar-refractivity contribution in [2.24, 2.45) is 5.16 Å². The van der Waals surface area contributed by atoms with E-state index in [1.54, 1.807) is 0 Å². The first-order chi connectivity index (χ1) is 20.6. The van der Waals surface area contributed by atoms with Gasteiger partial charge in [-0.05, 0) is 44.4 Å². The van der Waals surface area contributed by atoms with Crippen molar-refractivity contribution in [3.05, 3.63) is 45.1 Å². The van der Waals surface area contributed by atoms with Crippen molar-refractivity contribution >= 4 is 75.1 Å². The molecule has 4 rings (SSSR count). The van der Waals surface area contributed by atoms with E-state index in [9.17, 15) is 44.4 Å². The minimum atomic E-state index is -1.80. The predicted octanol–water partition coefficient (Wildman–Crippen LogP) is 2.17. The van der Waals surface area contributed by atoms with Crippen LogP contribution in [0.1, 0.15) is 49.2 Å². The maximum absolute atomic E-state index is 13.2. The van der Waals surface area contributed by atoms with Gasteiger partial charge in [0.25, 0.3) is 11.8 Å². The zero-order valence-electron chi connectivity index (χ0n) is 23.1. The summed E-state index contributed by atoms with van der Waals surface area (Å²) in [5, 5.41) is 45.3. The first-order valence-electron chi connectivity index (χ1n) is 12.8. The Hall–Kier alpha value is -4.35. The highest BCUT2D eigenvalue weighted by Gasteiger charge is 2.54. The predicted molar refractivity (Wildman–Crippen MR) is 159 cm³/mol. The number of amides is 2. The standard InChI is InChI=1S/C26H26ClN5O10S2/c1-26(2,24(40)41)42-31-16(13-9-44-25(28)29-13)20(36)30-17-21(37)32-18(23(38)39)10(8-43-22(17)32)4-3-5-14(33)11-6-12(27)19(35)15(34)7-11/h6-7,9,17,22,34-35H,3-5,8H2,1-2H3,(H2,28,29)(H,30,36)(H,38,39)(H,40,41)/b31-16-/t17-,22-/m1/s1. The van der Waals surface area contributed by atoms with Crippen LogP contribution in [0.5, 0.6) is 11.5 Å². The van der Waals surface area contributed by atoms with Crippen LogP contribution in [0.25, 0.3) is 0 Å². The molecule has 0 saturated carbocycles. The number of nitrogens with zero attached hydrogens (tertiary/aromatic N) is 3. The van der Waals surface area contributed by atoms with Gasteiger partial charge in [0.2, 0.25) is 5.60 Å². The number of thiazole rings is 1. The van der Waals surface area contributed by atoms with Gasteiger partial charge in [0.1, 0.15) is 22.8 Å². The number of hydrogen-bond donors (Lipinski definition) is 6. The van der Waals surface area contributed by atoms with E-state index in [1.807, 2.05) is 0 Å². The van der Waals surface area contributed by atoms with Crippen molar-refractivity contribution in [2.45, 2.75) is 50.1 Å². The molecule has 18 heteroatoms. The number of nitrogens with two attached hydrogens (primary N) is 1. The molecule has 2 aromatic rings. The van der Waals surface area contributed by atoms with Crippen molar-refractivity contribution in [2.75, 3.05) is 11.5 Å². The van der Waals surface area contributed by atoms with Crippen molar-refractivity contribution in [3.63, 3.8) is 0 Å². The van der Waals surface area contributed by atoms with Crippen LogP contribution in [0, 0.1) is 0 Å². The van der Waals surface area contributed by atoms with Gasteiger partial charge in [0.15, 0.2) is 28.1 Å². The van der Waals surface area contributed by atoms with Crippen LogP contribution in [-0.2, 0) is 24.0 Å². The van der Waals surface area contributed by atoms with Crippen molar-refractivity contribution in [1.29, 1.82) is 0 Å². The molecule has 0 spiro atoms. The van der Waals surface area contributed by atoms with E-state index in [-0.39, 0.29) is 57.9 Å². The monoisotopic (exact) mass is 667 g/mol. The number of ketones is 1. The van der Waals surface area contributed by atoms with Gasteiger partial charge >= 0.3 is 11.9 Å². The number of anilines is 1. The van der Waals surface area contributed by atoms with Crippen molar-refractivity contribution in [1.82, 2.24) is 15.2 Å². The van der Waals surface area contributed by atoms with Crippen LogP contribution < -0.4 is 11.1 Å². The molecule has 1 aromatic carbocycles. The normalized spacial score (nSPS) is 18.4. The second-order valence-electron chi connectivity index (χ2n) is 10.1. The van der Waals surface area contributed by atoms with Crippen LogP contribution >= 0.6 is 34.7 Å². The van der Waals surface area contributed by atoms with Crippen LogP contribution in [-0.4, -0.2) is 88.3 Å². The summed E-state index contributed by atoms with van der Waals surface area (Å²) in [6.45, 7) is 2.44. The van der Waals surface area contributed by atoms with E-state index in [0.29, 0.717) is 5.57 Å². The minimum Gasteiger partial charge on any atom is -0.504 e. The van der Waals surface area contributed by atoms with Crippen LogP contribution in [0.2, 0.25) is 5.02 Å². The van der Waals surface area contributed by atoms with E-state index < -0.39 is 58.0 Å². The Morgan fingerprint density at radius 3 is 2.55 bits per heavy atom. The number of oxime groups is 1. The SMILES string of the molecule is CC(C)(O/N=C(\C(=O)N[C@@H]1C(=O)N2C(C(=O)O)=C(CCCC(=O)c3cc(O)c(O)c(Cl)c3)CS[C@H]12)c1csc(N)n1)C(=O)O. The van der Waals surface area contributed by atoms with Gasteiger partial charge in [-0.25, -0.2) is 14.6 Å². The summed E-state index contributed by atoms with van der Waals surface area (Å²) in [6.07, 6.45) is 0.368. The van der Waals surface area contributed by atoms with Gasteiger partial charge in [-0.3, -0.25) is 19.3 Å². The molecule has 0 unspecified atom stereocenters. The van der Waals surface area contributed by atoms with Gasteiger partial charge < -0.3 is 36.3 Å². The lowest BCUT2D eigenvalue weighted by atomic mass is 9.98. The number of nitrogen functional groups attached to an aromatic ring is 1. The lowest BCUT2D eigenvalue weighted by Gasteiger charge is -2.49. The lowest BCUT2D eigenvalue weighted by Crippen LogP contribution is -2.71. The Kier molecular flexibility index (Phi) is 9.41. The van der Waals surface area contributed by atoms with Gasteiger partial charge in [0.05, 0.1) is 5.02 Å². The summed E-state index contributed by atoms with van der Waals surface area (Å²) in [6, 6.07) is 1.16. The summed E-state index contributed by atoms with van der Waals surface area (Å²) in [4.78, 5) is 72.7. The van der Waals surface area contributed by atoms with E-state index in [0.717, 1.165) is 22.3 Å². The second kappa shape index (κ2) is 12.7. The summed E-state index contributed by atoms with van der Waals surface area (Å²) >= 11 is 8.03. The van der Waals surface area contributed by atoms with Crippen LogP contribution in [0.15, 0.2) is 33.9 Å². The molecule has 1 aromatic heterocycles. The number of thioether (sulfide) groups is 1. The van der Waals surface area contributed by atoms with Gasteiger partial charge in [-0.15, -0.1) is 23.1 Å². The summed E-state index contributed by atoms with van der Waals surface area (Å²) in [5.74, 6) is -5.60. The molecule has 44 heavy (non-hydrogen) atoms. The molecule has 2 aliphatic heterocycles. The fourth-order valence-electron chi connectivity index (χ4n) is 4.24. The number of aromatic nitrogens is 1. The Balaban J connectivity index is 1.46. The first kappa shape index (κ1) is 32.6. The average Bonchev–Trinajstić information content (AvgIpc) is 3.39. The van der Waals surface area contributed by atoms with Crippen molar-refractivity contribution < 1.29 is 49.2 Å². The average molecular weight is 668 g/mol. The molecular formula is C26H26ClN5O10S2. The number of benzene rings is 1. The number of carboxylic acid groups (broad SMARTS) is 2. The molecule has 7 N–H and O–H groups in total. The molecule has 1 fully saturated rings. The van der Waals surface area contributed by atoms with Gasteiger partial charge in [-0.2, -0.15) is 0 Å². The van der Waals surface area contributed by atoms with E-state index in [2.05, 4.69) is 15.5 Å². The quantitative estimate of drug-likeness (QED) is 0.0626. The molecule has 2 atom stereocenters. The minimum absolute atomic E-state index is 0.0149. The number of carboxylic acids is 2. The second-order valence-corrected chi connectivity index (χ2v) is 12.5. The van der Waals surface area contributed by atoms with E-state index in [1.165, 1.54) is 37.1 Å². The van der Waals surface area contributed by atoms with Gasteiger partial charge in [0, 0.05) is 23.1 Å². The summed E-state index contributed by atoms with van der Waals surface area (Å²) in [5.41, 5.74) is 3.68. The summed E-state index contributed by atoms with van der Waals surface area (Å²) in [7, 11) is 0. The summed E-state index contributed by atoms with van der Waals surface area (Å²) < 4.78 is 0. The molecule has 0 radical (unpaired) electrons. The smallest absolute Gasteiger partial charge is 0.352 e. The fraction of sp³-hybridized carbons (Fsp3) is 0.346. The number of halogens is 1. The van der Waals surface area contributed by atoms with E-state index >= 15 is 0 Å². The third-order valence-corrected chi connectivity index (χ3v) is 8.95. The number of Topliss-reactive ketones (excluding diaryl/α,β-unsaturated/α-hetero) is 1. The Labute approximate surface area is 262 Å². The molecule has 0 bridgehead atoms. The Morgan fingerprint density at radius 2 is 1.95 bits per heavy atom. The Bertz CT molecular complexity index is 1600. The number of aromatic hydroxyl groups is 2. The molecule has 0 aliphatic carbocycles. The van der Waals surface area contributed by atoms with Crippen LogP contribution in [0.3, 0.4) is 0 Å². The number of carbonyl (C=O) groups is 5. The number of phenolic OH excluding ortho intramolecular Hbond substituents is 2. The number of hydrogen-bond acceptors (Lipinski definition) is 13. The van der Waals surface area contributed by atoms with Gasteiger partial charge in [-0.1, -0.05) is 16.8 Å². The molecular weight excluding hydrogens is 642 g/mol. The zero-order chi connectivity index (χ0) is 32.5. The molecule has 15 nitrogen and oxygen atoms in total. The number of nitrogens with one attached hydrogen (secondary N) is 1.